The van der Waals surface area contributed by atoms with E-state index in [-0.39, 0.29) is 12.4 Å². The van der Waals surface area contributed by atoms with Gasteiger partial charge in [0.15, 0.2) is 0 Å². The summed E-state index contributed by atoms with van der Waals surface area (Å²) in [4.78, 5) is 2.49. The second kappa shape index (κ2) is 7.57. The first kappa shape index (κ1) is 17.2. The lowest BCUT2D eigenvalue weighted by atomic mass is 9.97. The molecule has 17 heavy (non-hydrogen) atoms. The smallest absolute Gasteiger partial charge is 0.0678 e. The van der Waals surface area contributed by atoms with Gasteiger partial charge >= 0.3 is 0 Å². The maximum Gasteiger partial charge on any atom is 0.0678 e. The molecule has 104 valence electrons. The fourth-order valence-corrected chi connectivity index (χ4v) is 2.17. The molecule has 0 saturated carbocycles. The third-order valence-corrected chi connectivity index (χ3v) is 2.76. The first-order valence-corrected chi connectivity index (χ1v) is 6.45. The predicted molar refractivity (Wildman–Crippen MR) is 76.0 cm³/mol. The van der Waals surface area contributed by atoms with E-state index in [0.717, 1.165) is 32.7 Å². The van der Waals surface area contributed by atoms with Crippen LogP contribution < -0.4 is 5.32 Å². The molecule has 0 radical (unpaired) electrons. The number of rotatable bonds is 4. The van der Waals surface area contributed by atoms with Crippen molar-refractivity contribution >= 4 is 12.4 Å². The lowest BCUT2D eigenvalue weighted by molar-refractivity contribution is -0.0674. The Kier molecular flexibility index (Phi) is 7.65. The maximum absolute atomic E-state index is 5.71. The van der Waals surface area contributed by atoms with Crippen molar-refractivity contribution in [2.45, 2.75) is 46.8 Å². The normalized spacial score (nSPS) is 26.6. The molecule has 2 unspecified atom stereocenters. The van der Waals surface area contributed by atoms with Crippen LogP contribution in [0.5, 0.6) is 0 Å². The summed E-state index contributed by atoms with van der Waals surface area (Å²) in [6, 6.07) is 0. The number of morpholine rings is 1. The third kappa shape index (κ3) is 7.98. The van der Waals surface area contributed by atoms with Crippen LogP contribution in [0, 0.1) is 5.41 Å². The average Bonchev–Trinajstić information content (AvgIpc) is 2.09. The molecule has 0 aromatic heterocycles. The summed E-state index contributed by atoms with van der Waals surface area (Å²) in [5, 5.41) is 3.52. The molecule has 3 nitrogen and oxygen atoms in total. The van der Waals surface area contributed by atoms with Crippen molar-refractivity contribution in [3.8, 4) is 0 Å². The molecule has 1 heterocycles. The van der Waals surface area contributed by atoms with E-state index in [2.05, 4.69) is 44.8 Å². The van der Waals surface area contributed by atoms with Crippen LogP contribution >= 0.6 is 12.4 Å². The van der Waals surface area contributed by atoms with Gasteiger partial charge in [-0.05, 0) is 19.3 Å². The Hall–Kier alpha value is 0.170. The Bertz CT molecular complexity index is 196. The highest BCUT2D eigenvalue weighted by molar-refractivity contribution is 5.85. The fraction of sp³-hybridized carbons (Fsp3) is 1.00. The first-order chi connectivity index (χ1) is 7.37. The van der Waals surface area contributed by atoms with Gasteiger partial charge in [-0.3, -0.25) is 4.90 Å². The van der Waals surface area contributed by atoms with Crippen LogP contribution in [0.4, 0.5) is 0 Å². The molecule has 0 bridgehead atoms. The zero-order valence-electron chi connectivity index (χ0n) is 12.0. The van der Waals surface area contributed by atoms with E-state index in [1.807, 2.05) is 0 Å². The molecule has 2 atom stereocenters. The Morgan fingerprint density at radius 3 is 2.18 bits per heavy atom. The SMILES string of the molecule is CC1CN(CCNCC(C)(C)C)CC(C)O1.Cl. The van der Waals surface area contributed by atoms with Crippen molar-refractivity contribution in [3.63, 3.8) is 0 Å². The highest BCUT2D eigenvalue weighted by Crippen LogP contribution is 2.11. The lowest BCUT2D eigenvalue weighted by Crippen LogP contribution is -2.47. The molecule has 0 aliphatic carbocycles. The minimum Gasteiger partial charge on any atom is -0.373 e. The Morgan fingerprint density at radius 2 is 1.71 bits per heavy atom. The molecule has 4 heteroatoms. The van der Waals surface area contributed by atoms with E-state index >= 15 is 0 Å². The minimum absolute atomic E-state index is 0. The fourth-order valence-electron chi connectivity index (χ4n) is 2.17. The highest BCUT2D eigenvalue weighted by Gasteiger charge is 2.21. The molecule has 1 fully saturated rings. The van der Waals surface area contributed by atoms with Gasteiger partial charge in [0, 0.05) is 32.7 Å². The zero-order valence-corrected chi connectivity index (χ0v) is 12.8. The second-order valence-corrected chi connectivity index (χ2v) is 6.25. The van der Waals surface area contributed by atoms with Crippen molar-refractivity contribution in [2.24, 2.45) is 5.41 Å². The molecule has 1 rings (SSSR count). The molecule has 1 N–H and O–H groups in total. The molecule has 1 saturated heterocycles. The van der Waals surface area contributed by atoms with E-state index in [9.17, 15) is 0 Å². The number of nitrogens with zero attached hydrogens (tertiary/aromatic N) is 1. The van der Waals surface area contributed by atoms with Crippen LogP contribution in [0.15, 0.2) is 0 Å². The van der Waals surface area contributed by atoms with Gasteiger partial charge in [0.1, 0.15) is 0 Å². The van der Waals surface area contributed by atoms with Crippen LogP contribution in [-0.4, -0.2) is 49.8 Å². The van der Waals surface area contributed by atoms with Crippen LogP contribution in [0.2, 0.25) is 0 Å². The number of halogens is 1. The summed E-state index contributed by atoms with van der Waals surface area (Å²) in [7, 11) is 0. The van der Waals surface area contributed by atoms with E-state index in [4.69, 9.17) is 4.74 Å². The molecule has 1 aliphatic rings. The van der Waals surface area contributed by atoms with Gasteiger partial charge < -0.3 is 10.1 Å². The maximum atomic E-state index is 5.71. The van der Waals surface area contributed by atoms with Crippen molar-refractivity contribution < 1.29 is 4.74 Å². The number of hydrogen-bond acceptors (Lipinski definition) is 3. The lowest BCUT2D eigenvalue weighted by Gasteiger charge is -2.35. The van der Waals surface area contributed by atoms with Crippen LogP contribution in [0.1, 0.15) is 34.6 Å². The Labute approximate surface area is 113 Å². The summed E-state index contributed by atoms with van der Waals surface area (Å²) in [5.41, 5.74) is 0.381. The quantitative estimate of drug-likeness (QED) is 0.788. The summed E-state index contributed by atoms with van der Waals surface area (Å²) in [6.45, 7) is 16.5. The van der Waals surface area contributed by atoms with Gasteiger partial charge in [0.05, 0.1) is 12.2 Å². The van der Waals surface area contributed by atoms with Crippen molar-refractivity contribution in [2.75, 3.05) is 32.7 Å². The summed E-state index contributed by atoms with van der Waals surface area (Å²) >= 11 is 0. The van der Waals surface area contributed by atoms with Gasteiger partial charge in [0.25, 0.3) is 0 Å². The zero-order chi connectivity index (χ0) is 12.2. The van der Waals surface area contributed by atoms with Crippen molar-refractivity contribution in [1.82, 2.24) is 10.2 Å². The standard InChI is InChI=1S/C13H28N2O.ClH/c1-11-8-15(9-12(2)16-11)7-6-14-10-13(3,4)5;/h11-12,14H,6-10H2,1-5H3;1H. The van der Waals surface area contributed by atoms with Crippen LogP contribution in [0.3, 0.4) is 0 Å². The van der Waals surface area contributed by atoms with Crippen molar-refractivity contribution in [3.05, 3.63) is 0 Å². The molecule has 0 spiro atoms. The molecule has 0 aromatic carbocycles. The van der Waals surface area contributed by atoms with Crippen LogP contribution in [-0.2, 0) is 4.74 Å². The largest absolute Gasteiger partial charge is 0.373 e. The summed E-state index contributed by atoms with van der Waals surface area (Å²) < 4.78 is 5.71. The minimum atomic E-state index is 0. The number of hydrogen-bond donors (Lipinski definition) is 1. The summed E-state index contributed by atoms with van der Waals surface area (Å²) in [5.74, 6) is 0. The molecule has 1 aliphatic heterocycles. The molecular weight excluding hydrogens is 236 g/mol. The van der Waals surface area contributed by atoms with E-state index in [0.29, 0.717) is 17.6 Å². The number of ether oxygens (including phenoxy) is 1. The monoisotopic (exact) mass is 264 g/mol. The van der Waals surface area contributed by atoms with E-state index < -0.39 is 0 Å². The van der Waals surface area contributed by atoms with Gasteiger partial charge in [-0.1, -0.05) is 20.8 Å². The highest BCUT2D eigenvalue weighted by atomic mass is 35.5. The van der Waals surface area contributed by atoms with Crippen molar-refractivity contribution in [1.29, 1.82) is 0 Å². The van der Waals surface area contributed by atoms with Crippen LogP contribution in [0.25, 0.3) is 0 Å². The Morgan fingerprint density at radius 1 is 1.18 bits per heavy atom. The van der Waals surface area contributed by atoms with Gasteiger partial charge in [-0.15, -0.1) is 12.4 Å². The molecule has 0 amide bonds. The average molecular weight is 265 g/mol. The predicted octanol–water partition coefficient (Wildman–Crippen LogP) is 2.15. The van der Waals surface area contributed by atoms with Gasteiger partial charge in [0.2, 0.25) is 0 Å². The summed E-state index contributed by atoms with van der Waals surface area (Å²) in [6.07, 6.45) is 0.762. The Balaban J connectivity index is 0.00000256. The number of nitrogens with one attached hydrogen (secondary N) is 1. The topological polar surface area (TPSA) is 24.5 Å². The first-order valence-electron chi connectivity index (χ1n) is 6.45. The molecular formula is C13H29ClN2O. The van der Waals surface area contributed by atoms with E-state index in [1.165, 1.54) is 0 Å². The third-order valence-electron chi connectivity index (χ3n) is 2.76. The van der Waals surface area contributed by atoms with Gasteiger partial charge in [-0.25, -0.2) is 0 Å². The molecule has 0 aromatic rings. The second-order valence-electron chi connectivity index (χ2n) is 6.25. The van der Waals surface area contributed by atoms with Gasteiger partial charge in [-0.2, -0.15) is 0 Å². The van der Waals surface area contributed by atoms with E-state index in [1.54, 1.807) is 0 Å².